The Morgan fingerprint density at radius 1 is 0.667 bits per heavy atom. The van der Waals surface area contributed by atoms with Gasteiger partial charge in [0.15, 0.2) is 0 Å². The summed E-state index contributed by atoms with van der Waals surface area (Å²) in [6.07, 6.45) is 4.50. The molecule has 6 nitrogen and oxygen atoms in total. The second-order valence-electron chi connectivity index (χ2n) is 2.78. The second kappa shape index (κ2) is 76.2. The fourth-order valence-electron chi connectivity index (χ4n) is 0.855. The van der Waals surface area contributed by atoms with Gasteiger partial charge < -0.3 is 45.2 Å². The number of nitrogens with zero attached hydrogens (tertiary/aromatic N) is 1. The van der Waals surface area contributed by atoms with E-state index >= 15 is 0 Å². The van der Waals surface area contributed by atoms with Crippen LogP contribution in [0, 0.1) is 14.9 Å². The molecule has 0 aliphatic carbocycles. The number of nitrogens with one attached hydrogen (secondary N) is 2. The third-order valence-corrected chi connectivity index (χ3v) is 1.37. The largest absolute Gasteiger partial charge is 0.660 e. The summed E-state index contributed by atoms with van der Waals surface area (Å²) in [5.41, 5.74) is 0. The van der Waals surface area contributed by atoms with E-state index in [0.717, 1.165) is 39.3 Å². The van der Waals surface area contributed by atoms with Crippen LogP contribution >= 0.6 is 37.2 Å². The van der Waals surface area contributed by atoms with Crippen LogP contribution in [0.25, 0.3) is 5.32 Å². The molecule has 1 aliphatic heterocycles. The molecule has 1 heterocycles. The minimum atomic E-state index is 0. The number of hydrogen-bond donors (Lipinski definition) is 2. The van der Waals surface area contributed by atoms with Crippen molar-refractivity contribution in [1.82, 2.24) is 10.6 Å². The van der Waals surface area contributed by atoms with Gasteiger partial charge in [-0.2, -0.15) is 20.8 Å². The van der Waals surface area contributed by atoms with E-state index in [1.54, 1.807) is 0 Å². The van der Waals surface area contributed by atoms with Crippen LogP contribution in [0.5, 0.6) is 0 Å². The smallest absolute Gasteiger partial charge is 0.00760 e. The average Bonchev–Trinajstić information content (AvgIpc) is 2.47. The van der Waals surface area contributed by atoms with E-state index in [9.17, 15) is 0 Å². The molecule has 0 saturated carbocycles. The van der Waals surface area contributed by atoms with E-state index in [1.807, 2.05) is 0 Å². The van der Waals surface area contributed by atoms with Crippen LogP contribution in [0.1, 0.15) is 20.8 Å². The molecular formula is C14H32Cl3N3O3Ti-6. The molecule has 0 aromatic carbocycles. The van der Waals surface area contributed by atoms with E-state index in [4.69, 9.17) is 14.4 Å². The summed E-state index contributed by atoms with van der Waals surface area (Å²) < 4.78 is 0. The van der Waals surface area contributed by atoms with Gasteiger partial charge in [-0.25, -0.2) is 0 Å². The first-order valence-electron chi connectivity index (χ1n) is 5.66. The Balaban J connectivity index is -0.0000000190. The van der Waals surface area contributed by atoms with Crippen molar-refractivity contribution >= 4 is 56.1 Å². The van der Waals surface area contributed by atoms with E-state index in [1.165, 1.54) is 39.6 Å². The fraction of sp³-hybridized carbons (Fsp3) is 0.643. The Hall–Kier alpha value is 0.474. The summed E-state index contributed by atoms with van der Waals surface area (Å²) in [4.78, 5) is 26.0. The zero-order valence-electron chi connectivity index (χ0n) is 15.1. The Kier molecular flexibility index (Phi) is 179. The summed E-state index contributed by atoms with van der Waals surface area (Å²) in [5, 5.41) is 10.8. The minimum Gasteiger partial charge on any atom is -0.660 e. The van der Waals surface area contributed by atoms with Crippen LogP contribution in [0.3, 0.4) is 0 Å². The zero-order valence-corrected chi connectivity index (χ0v) is 19.2. The van der Waals surface area contributed by atoms with Gasteiger partial charge in [0, 0.05) is 34.8 Å². The monoisotopic (exact) mass is 443 g/mol. The molecule has 10 heteroatoms. The van der Waals surface area contributed by atoms with Gasteiger partial charge in [0.2, 0.25) is 0 Å². The Bertz CT molecular complexity index is 144. The van der Waals surface area contributed by atoms with Crippen molar-refractivity contribution in [3.8, 4) is 0 Å². The zero-order chi connectivity index (χ0) is 14.5. The summed E-state index contributed by atoms with van der Waals surface area (Å²) in [6.45, 7) is 10.2. The van der Waals surface area contributed by atoms with Crippen molar-refractivity contribution in [1.29, 1.82) is 0 Å². The van der Waals surface area contributed by atoms with Crippen LogP contribution in [0.15, 0.2) is 0 Å². The van der Waals surface area contributed by atoms with Crippen LogP contribution in [0.2, 0.25) is 0 Å². The SMILES string of the molecule is C1CNCCNCC[N-]1.C[C-]=O.C[C-]=O.C[C-]=O.Cl.Cl.Cl.[CH3-].[CH3-].[Ti]. The second-order valence-corrected chi connectivity index (χ2v) is 2.78. The quantitative estimate of drug-likeness (QED) is 0.441. The van der Waals surface area contributed by atoms with Crippen molar-refractivity contribution < 1.29 is 36.1 Å². The van der Waals surface area contributed by atoms with Crippen molar-refractivity contribution in [3.05, 3.63) is 20.2 Å². The first-order valence-corrected chi connectivity index (χ1v) is 5.66. The van der Waals surface area contributed by atoms with Gasteiger partial charge >= 0.3 is 0 Å². The van der Waals surface area contributed by atoms with Crippen LogP contribution in [0.4, 0.5) is 0 Å². The van der Waals surface area contributed by atoms with Gasteiger partial charge in [-0.1, -0.05) is 0 Å². The number of halogens is 3. The Morgan fingerprint density at radius 2 is 0.875 bits per heavy atom. The van der Waals surface area contributed by atoms with Gasteiger partial charge in [0.1, 0.15) is 0 Å². The molecule has 1 rings (SSSR count). The normalized spacial score (nSPS) is 10.6. The van der Waals surface area contributed by atoms with E-state index < -0.39 is 0 Å². The molecule has 1 fully saturated rings. The topological polar surface area (TPSA) is 89.4 Å². The van der Waals surface area contributed by atoms with Gasteiger partial charge in [-0.15, -0.1) is 50.3 Å². The average molecular weight is 445 g/mol. The van der Waals surface area contributed by atoms with Crippen LogP contribution in [-0.2, 0) is 36.1 Å². The molecule has 24 heavy (non-hydrogen) atoms. The maximum Gasteiger partial charge on any atom is 0.00760 e. The standard InChI is InChI=1S/C6H14N3.3C2H3O.2CH3.3ClH.Ti/c1-2-8-5-6-9-4-3-7-1;3*1-2-3;;;;;;/h7-8H,1-6H2;3*1H3;2*1H3;3*1H;/q6*-1;;;;. The predicted octanol–water partition coefficient (Wildman–Crippen LogP) is 2.06. The molecular weight excluding hydrogens is 412 g/mol. The molecule has 0 spiro atoms. The summed E-state index contributed by atoms with van der Waals surface area (Å²) in [6, 6.07) is 0. The fourth-order valence-corrected chi connectivity index (χ4v) is 0.855. The van der Waals surface area contributed by atoms with Gasteiger partial charge in [-0.3, -0.25) is 18.9 Å². The van der Waals surface area contributed by atoms with Crippen molar-refractivity contribution in [2.75, 3.05) is 39.3 Å². The molecule has 0 unspecified atom stereocenters. The molecule has 1 aliphatic rings. The summed E-state index contributed by atoms with van der Waals surface area (Å²) in [5.74, 6) is 0. The Labute approximate surface area is 182 Å². The molecule has 0 aromatic heterocycles. The first kappa shape index (κ1) is 56.3. The van der Waals surface area contributed by atoms with Gasteiger partial charge in [0.25, 0.3) is 0 Å². The summed E-state index contributed by atoms with van der Waals surface area (Å²) >= 11 is 0. The molecule has 0 radical (unpaired) electrons. The van der Waals surface area contributed by atoms with Crippen LogP contribution < -0.4 is 10.6 Å². The molecule has 0 bridgehead atoms. The Morgan fingerprint density at radius 3 is 1.08 bits per heavy atom. The van der Waals surface area contributed by atoms with E-state index in [0.29, 0.717) is 0 Å². The third-order valence-electron chi connectivity index (χ3n) is 1.37. The number of carbonyl (C=O) groups excluding carboxylic acids is 3. The first-order chi connectivity index (χ1) is 8.74. The van der Waals surface area contributed by atoms with Crippen molar-refractivity contribution in [2.45, 2.75) is 20.8 Å². The number of hydrogen-bond acceptors (Lipinski definition) is 5. The van der Waals surface area contributed by atoms with Crippen molar-refractivity contribution in [3.63, 3.8) is 0 Å². The van der Waals surface area contributed by atoms with E-state index in [-0.39, 0.29) is 73.8 Å². The van der Waals surface area contributed by atoms with Crippen molar-refractivity contribution in [2.24, 2.45) is 0 Å². The third kappa shape index (κ3) is 115. The molecule has 2 N–H and O–H groups in total. The maximum atomic E-state index is 8.68. The predicted molar refractivity (Wildman–Crippen MR) is 108 cm³/mol. The van der Waals surface area contributed by atoms with E-state index in [2.05, 4.69) is 16.0 Å². The van der Waals surface area contributed by atoms with Gasteiger partial charge in [0.05, 0.1) is 0 Å². The molecule has 152 valence electrons. The van der Waals surface area contributed by atoms with Gasteiger partial charge in [-0.05, 0) is 13.1 Å². The molecule has 0 amide bonds. The number of rotatable bonds is 0. The molecule has 0 atom stereocenters. The maximum absolute atomic E-state index is 8.68. The van der Waals surface area contributed by atoms with Crippen LogP contribution in [-0.4, -0.2) is 58.1 Å². The molecule has 0 aromatic rings. The minimum absolute atomic E-state index is 0. The summed E-state index contributed by atoms with van der Waals surface area (Å²) in [7, 11) is 0. The molecule has 1 saturated heterocycles.